The van der Waals surface area contributed by atoms with Gasteiger partial charge in [0.15, 0.2) is 11.8 Å². The second-order valence-electron chi connectivity index (χ2n) is 8.96. The molecule has 15 heteroatoms. The standard InChI is InChI=1S/C24H26N5O9P/c25-24-26-21-18(22(32)27-24)28(10-15-7-4-8-16(9-15)36-11-14-5-2-1-3-6-14)13-29(21)23-20(31)19(30)17(38-23)12-37-39(33,34)35/h1-9,13,17,19-20,23,30-31H,10-12H2,(H4-,25,26,27,32,33,34,35)/t17-,19-,20-,23-/m0/s1. The van der Waals surface area contributed by atoms with Crippen molar-refractivity contribution < 1.29 is 48.2 Å². The van der Waals surface area contributed by atoms with Gasteiger partial charge in [0, 0.05) is 5.88 Å². The van der Waals surface area contributed by atoms with Crippen LogP contribution in [0.2, 0.25) is 0 Å². The Bertz CT molecular complexity index is 1510. The Labute approximate surface area is 221 Å². The topological polar surface area (TPSA) is 209 Å². The number of phosphoric acid groups is 1. The number of fused-ring (bicyclic) bond motifs is 1. The number of rotatable bonds is 9. The quantitative estimate of drug-likeness (QED) is 0.133. The third-order valence-electron chi connectivity index (χ3n) is 6.16. The molecule has 14 nitrogen and oxygen atoms in total. The molecule has 2 aromatic heterocycles. The lowest BCUT2D eigenvalue weighted by Gasteiger charge is -2.14. The van der Waals surface area contributed by atoms with E-state index >= 15 is 0 Å². The van der Waals surface area contributed by atoms with Crippen molar-refractivity contribution in [3.05, 3.63) is 72.1 Å². The molecule has 3 heterocycles. The van der Waals surface area contributed by atoms with Gasteiger partial charge in [-0.2, -0.15) is 0 Å². The Morgan fingerprint density at radius 2 is 1.82 bits per heavy atom. The highest BCUT2D eigenvalue weighted by atomic mass is 31.2. The van der Waals surface area contributed by atoms with Gasteiger partial charge in [0.05, 0.1) is 13.2 Å². The van der Waals surface area contributed by atoms with Crippen molar-refractivity contribution in [3.8, 4) is 11.6 Å². The average Bonchev–Trinajstić information content (AvgIpc) is 3.38. The van der Waals surface area contributed by atoms with E-state index < -0.39 is 44.8 Å². The van der Waals surface area contributed by atoms with E-state index in [1.165, 1.54) is 10.9 Å². The van der Waals surface area contributed by atoms with Gasteiger partial charge in [-0.3, -0.25) is 9.09 Å². The third kappa shape index (κ3) is 6.02. The monoisotopic (exact) mass is 559 g/mol. The van der Waals surface area contributed by atoms with Crippen molar-refractivity contribution in [1.29, 1.82) is 0 Å². The molecule has 0 radical (unpaired) electrons. The van der Waals surface area contributed by atoms with Gasteiger partial charge in [0.2, 0.25) is 6.23 Å². The molecule has 39 heavy (non-hydrogen) atoms. The third-order valence-corrected chi connectivity index (χ3v) is 6.65. The SMILES string of the molecule is Nc1nc([O-])c2c(n1)[n+]([C@H]1O[C@@H](COP(=O)(O)O)[C@H](O)[C@@H]1O)cn2Cc1cccc(OCc2ccccc2)c1. The summed E-state index contributed by atoms with van der Waals surface area (Å²) < 4.78 is 30.0. The molecule has 2 aromatic carbocycles. The Hall–Kier alpha value is -3.62. The summed E-state index contributed by atoms with van der Waals surface area (Å²) in [6.45, 7) is -0.122. The van der Waals surface area contributed by atoms with Gasteiger partial charge in [-0.05, 0) is 23.3 Å². The van der Waals surface area contributed by atoms with Gasteiger partial charge in [-0.15, -0.1) is 0 Å². The van der Waals surface area contributed by atoms with Crippen molar-refractivity contribution in [1.82, 2.24) is 14.5 Å². The summed E-state index contributed by atoms with van der Waals surface area (Å²) in [5.74, 6) is -0.346. The predicted octanol–water partition coefficient (Wildman–Crippen LogP) is -0.270. The van der Waals surface area contributed by atoms with Crippen LogP contribution >= 0.6 is 7.82 Å². The van der Waals surface area contributed by atoms with Crippen LogP contribution in [0.4, 0.5) is 5.95 Å². The number of nitrogens with zero attached hydrogens (tertiary/aromatic N) is 4. The van der Waals surface area contributed by atoms with Crippen LogP contribution < -0.4 is 20.1 Å². The zero-order chi connectivity index (χ0) is 27.7. The molecular formula is C24H26N5O9P. The molecule has 0 aliphatic carbocycles. The lowest BCUT2D eigenvalue weighted by atomic mass is 10.1. The summed E-state index contributed by atoms with van der Waals surface area (Å²) >= 11 is 0. The van der Waals surface area contributed by atoms with E-state index in [2.05, 4.69) is 14.5 Å². The van der Waals surface area contributed by atoms with Gasteiger partial charge < -0.3 is 40.3 Å². The molecule has 0 unspecified atom stereocenters. The largest absolute Gasteiger partial charge is 0.856 e. The smallest absolute Gasteiger partial charge is 0.469 e. The second-order valence-corrected chi connectivity index (χ2v) is 10.2. The summed E-state index contributed by atoms with van der Waals surface area (Å²) in [5, 5.41) is 33.9. The fourth-order valence-corrected chi connectivity index (χ4v) is 4.72. The Balaban J connectivity index is 1.43. The molecule has 0 bridgehead atoms. The number of hydrogen-bond donors (Lipinski definition) is 5. The van der Waals surface area contributed by atoms with Crippen molar-refractivity contribution in [2.75, 3.05) is 12.3 Å². The van der Waals surface area contributed by atoms with Crippen LogP contribution in [0.1, 0.15) is 17.4 Å². The molecule has 0 spiro atoms. The van der Waals surface area contributed by atoms with Crippen LogP contribution in [0.15, 0.2) is 60.9 Å². The van der Waals surface area contributed by atoms with E-state index in [0.717, 1.165) is 11.1 Å². The van der Waals surface area contributed by atoms with Gasteiger partial charge in [-0.25, -0.2) is 14.1 Å². The minimum atomic E-state index is -4.84. The van der Waals surface area contributed by atoms with E-state index in [1.54, 1.807) is 4.57 Å². The molecule has 4 aromatic rings. The van der Waals surface area contributed by atoms with Crippen molar-refractivity contribution in [2.24, 2.45) is 0 Å². The summed E-state index contributed by atoms with van der Waals surface area (Å²) in [7, 11) is -4.84. The first kappa shape index (κ1) is 27.0. The number of anilines is 1. The highest BCUT2D eigenvalue weighted by Crippen LogP contribution is 2.38. The summed E-state index contributed by atoms with van der Waals surface area (Å²) in [4.78, 5) is 25.8. The lowest BCUT2D eigenvalue weighted by Crippen LogP contribution is -2.46. The maximum Gasteiger partial charge on any atom is 0.469 e. The molecule has 206 valence electrons. The summed E-state index contributed by atoms with van der Waals surface area (Å²) in [6, 6.07) is 17.0. The number of phosphoric ester groups is 1. The van der Waals surface area contributed by atoms with Crippen LogP contribution in [-0.2, 0) is 27.0 Å². The first-order valence-corrected chi connectivity index (χ1v) is 13.3. The predicted molar refractivity (Wildman–Crippen MR) is 132 cm³/mol. The minimum absolute atomic E-state index is 0.0387. The Morgan fingerprint density at radius 1 is 1.08 bits per heavy atom. The zero-order valence-electron chi connectivity index (χ0n) is 20.3. The summed E-state index contributed by atoms with van der Waals surface area (Å²) in [6.07, 6.45) is -4.17. The van der Waals surface area contributed by atoms with Gasteiger partial charge in [0.1, 0.15) is 30.7 Å². The number of benzene rings is 2. The van der Waals surface area contributed by atoms with Crippen molar-refractivity contribution in [2.45, 2.75) is 37.7 Å². The van der Waals surface area contributed by atoms with Crippen LogP contribution in [-0.4, -0.2) is 59.5 Å². The second kappa shape index (κ2) is 10.9. The molecule has 4 atom stereocenters. The Morgan fingerprint density at radius 3 is 2.56 bits per heavy atom. The highest BCUT2D eigenvalue weighted by molar-refractivity contribution is 7.46. The van der Waals surface area contributed by atoms with E-state index in [-0.39, 0.29) is 23.7 Å². The molecule has 1 aliphatic rings. The van der Waals surface area contributed by atoms with Crippen LogP contribution in [0, 0.1) is 0 Å². The fourth-order valence-electron chi connectivity index (χ4n) is 4.38. The normalized spacial score (nSPS) is 21.4. The van der Waals surface area contributed by atoms with Gasteiger partial charge in [-0.1, -0.05) is 47.4 Å². The maximum absolute atomic E-state index is 12.8. The van der Waals surface area contributed by atoms with Crippen molar-refractivity contribution >= 4 is 24.9 Å². The number of aliphatic hydroxyl groups excluding tert-OH is 2. The zero-order valence-corrected chi connectivity index (χ0v) is 21.2. The van der Waals surface area contributed by atoms with Crippen LogP contribution in [0.5, 0.6) is 11.6 Å². The number of aliphatic hydroxyl groups is 2. The molecule has 0 saturated carbocycles. The number of aromatic nitrogens is 4. The minimum Gasteiger partial charge on any atom is -0.856 e. The molecule has 1 aliphatic heterocycles. The first-order valence-electron chi connectivity index (χ1n) is 11.8. The number of nitrogen functional groups attached to an aromatic ring is 1. The number of imidazole rings is 1. The maximum atomic E-state index is 12.8. The number of nitrogens with two attached hydrogens (primary N) is 1. The lowest BCUT2D eigenvalue weighted by molar-refractivity contribution is -0.745. The van der Waals surface area contributed by atoms with Gasteiger partial charge >= 0.3 is 13.5 Å². The van der Waals surface area contributed by atoms with E-state index in [9.17, 15) is 19.9 Å². The number of hydrogen-bond acceptors (Lipinski definition) is 10. The first-order chi connectivity index (χ1) is 18.6. The molecule has 1 fully saturated rings. The average molecular weight is 559 g/mol. The van der Waals surface area contributed by atoms with Gasteiger partial charge in [0.25, 0.3) is 5.95 Å². The van der Waals surface area contributed by atoms with Crippen LogP contribution in [0.25, 0.3) is 11.2 Å². The van der Waals surface area contributed by atoms with Crippen LogP contribution in [0.3, 0.4) is 0 Å². The van der Waals surface area contributed by atoms with E-state index in [4.69, 9.17) is 25.0 Å². The summed E-state index contributed by atoms with van der Waals surface area (Å²) in [5.41, 5.74) is 7.61. The number of ether oxygens (including phenoxy) is 2. The highest BCUT2D eigenvalue weighted by Gasteiger charge is 2.47. The van der Waals surface area contributed by atoms with E-state index in [1.807, 2.05) is 54.6 Å². The molecule has 5 rings (SSSR count). The molecule has 6 N–H and O–H groups in total. The van der Waals surface area contributed by atoms with Crippen molar-refractivity contribution in [3.63, 3.8) is 0 Å². The van der Waals surface area contributed by atoms with E-state index in [0.29, 0.717) is 12.4 Å². The molecular weight excluding hydrogens is 533 g/mol. The fraction of sp³-hybridized carbons (Fsp3) is 0.292. The Kier molecular flexibility index (Phi) is 7.51. The molecule has 1 saturated heterocycles. The molecule has 0 amide bonds.